The summed E-state index contributed by atoms with van der Waals surface area (Å²) in [6, 6.07) is 2.01. The molecule has 0 atom stereocenters. The van der Waals surface area contributed by atoms with Gasteiger partial charge in [-0.25, -0.2) is 4.98 Å². The number of aromatic nitrogens is 5. The molecule has 5 heteroatoms. The fourth-order valence-corrected chi connectivity index (χ4v) is 1.53. The van der Waals surface area contributed by atoms with Crippen LogP contribution < -0.4 is 0 Å². The van der Waals surface area contributed by atoms with E-state index in [0.717, 1.165) is 36.0 Å². The second-order valence-electron chi connectivity index (χ2n) is 3.45. The molecule has 5 nitrogen and oxygen atoms in total. The molecular formula is C10H15N5. The first-order valence-corrected chi connectivity index (χ1v) is 5.20. The van der Waals surface area contributed by atoms with Crippen molar-refractivity contribution in [2.75, 3.05) is 0 Å². The molecule has 0 aliphatic heterocycles. The number of nitrogens with one attached hydrogen (secondary N) is 1. The number of aryl methyl sites for hydroxylation is 3. The molecule has 0 aliphatic carbocycles. The Bertz CT molecular complexity index is 454. The van der Waals surface area contributed by atoms with Gasteiger partial charge in [-0.15, -0.1) is 0 Å². The van der Waals surface area contributed by atoms with Crippen LogP contribution in [0.4, 0.5) is 0 Å². The Hall–Kier alpha value is -1.65. The van der Waals surface area contributed by atoms with Gasteiger partial charge in [0.15, 0.2) is 5.82 Å². The third-order valence-corrected chi connectivity index (χ3v) is 2.30. The summed E-state index contributed by atoms with van der Waals surface area (Å²) >= 11 is 0. The maximum atomic E-state index is 4.39. The molecule has 1 N–H and O–H groups in total. The molecule has 0 fully saturated rings. The summed E-state index contributed by atoms with van der Waals surface area (Å²) in [5.74, 6) is 1.64. The highest BCUT2D eigenvalue weighted by Gasteiger charge is 2.11. The van der Waals surface area contributed by atoms with E-state index in [2.05, 4.69) is 27.2 Å². The molecule has 0 saturated carbocycles. The molecule has 0 spiro atoms. The number of rotatable bonds is 3. The van der Waals surface area contributed by atoms with Crippen molar-refractivity contribution in [2.45, 2.75) is 33.7 Å². The molecule has 0 unspecified atom stereocenters. The normalized spacial score (nSPS) is 10.9. The lowest BCUT2D eigenvalue weighted by atomic mass is 10.3. The van der Waals surface area contributed by atoms with E-state index in [0.29, 0.717) is 0 Å². The Morgan fingerprint density at radius 2 is 2.20 bits per heavy atom. The molecule has 2 aromatic heterocycles. The first-order chi connectivity index (χ1) is 7.24. The second-order valence-corrected chi connectivity index (χ2v) is 3.45. The van der Waals surface area contributed by atoms with Crippen LogP contribution in [0.3, 0.4) is 0 Å². The Morgan fingerprint density at radius 3 is 2.80 bits per heavy atom. The van der Waals surface area contributed by atoms with Crippen LogP contribution in [0.2, 0.25) is 0 Å². The minimum atomic E-state index is 0.731. The number of aromatic amines is 1. The largest absolute Gasteiger partial charge is 0.263 e. The van der Waals surface area contributed by atoms with Crippen molar-refractivity contribution in [2.24, 2.45) is 0 Å². The second kappa shape index (κ2) is 3.84. The first-order valence-electron chi connectivity index (χ1n) is 5.20. The molecule has 0 aromatic carbocycles. The van der Waals surface area contributed by atoms with Gasteiger partial charge in [-0.1, -0.05) is 6.92 Å². The van der Waals surface area contributed by atoms with E-state index < -0.39 is 0 Å². The van der Waals surface area contributed by atoms with Gasteiger partial charge in [0.2, 0.25) is 0 Å². The van der Waals surface area contributed by atoms with Crippen molar-refractivity contribution in [3.8, 4) is 11.5 Å². The Kier molecular flexibility index (Phi) is 2.53. The lowest BCUT2D eigenvalue weighted by Gasteiger charge is -1.98. The summed E-state index contributed by atoms with van der Waals surface area (Å²) in [6.45, 7) is 6.91. The molecule has 80 valence electrons. The Morgan fingerprint density at radius 1 is 1.40 bits per heavy atom. The molecule has 2 rings (SSSR count). The van der Waals surface area contributed by atoms with Gasteiger partial charge in [0.05, 0.1) is 5.69 Å². The van der Waals surface area contributed by atoms with Crippen molar-refractivity contribution < 1.29 is 0 Å². The Balaban J connectivity index is 2.43. The molecule has 0 amide bonds. The monoisotopic (exact) mass is 205 g/mol. The van der Waals surface area contributed by atoms with Crippen LogP contribution in [0, 0.1) is 6.92 Å². The summed E-state index contributed by atoms with van der Waals surface area (Å²) in [5.41, 5.74) is 1.97. The SMILES string of the molecule is CCc1nc(-c2cc(C)nn2CC)n[nH]1. The third-order valence-electron chi connectivity index (χ3n) is 2.30. The van der Waals surface area contributed by atoms with E-state index in [1.54, 1.807) is 0 Å². The van der Waals surface area contributed by atoms with Gasteiger partial charge in [0, 0.05) is 13.0 Å². The van der Waals surface area contributed by atoms with E-state index in [9.17, 15) is 0 Å². The van der Waals surface area contributed by atoms with E-state index in [4.69, 9.17) is 0 Å². The quantitative estimate of drug-likeness (QED) is 0.827. The molecule has 0 saturated heterocycles. The molecule has 0 bridgehead atoms. The predicted octanol–water partition coefficient (Wildman–Crippen LogP) is 1.56. The lowest BCUT2D eigenvalue weighted by Crippen LogP contribution is -2.00. The summed E-state index contributed by atoms with van der Waals surface area (Å²) in [6.07, 6.45) is 0.867. The lowest BCUT2D eigenvalue weighted by molar-refractivity contribution is 0.657. The molecule has 2 heterocycles. The van der Waals surface area contributed by atoms with Crippen molar-refractivity contribution in [3.63, 3.8) is 0 Å². The first kappa shape index (κ1) is 9.89. The maximum Gasteiger partial charge on any atom is 0.199 e. The van der Waals surface area contributed by atoms with E-state index in [-0.39, 0.29) is 0 Å². The Labute approximate surface area is 88.5 Å². The van der Waals surface area contributed by atoms with Gasteiger partial charge < -0.3 is 0 Å². The van der Waals surface area contributed by atoms with Crippen LogP contribution in [0.1, 0.15) is 25.4 Å². The predicted molar refractivity (Wildman–Crippen MR) is 57.4 cm³/mol. The topological polar surface area (TPSA) is 59.4 Å². The van der Waals surface area contributed by atoms with Gasteiger partial charge in [-0.2, -0.15) is 10.2 Å². The van der Waals surface area contributed by atoms with Crippen LogP contribution in [-0.2, 0) is 13.0 Å². The standard InChI is InChI=1S/C10H15N5/c1-4-9-11-10(13-12-9)8-6-7(3)14-15(8)5-2/h6H,4-5H2,1-3H3,(H,11,12,13). The zero-order valence-corrected chi connectivity index (χ0v) is 9.28. The van der Waals surface area contributed by atoms with Crippen LogP contribution in [0.15, 0.2) is 6.07 Å². The van der Waals surface area contributed by atoms with Crippen molar-refractivity contribution in [1.29, 1.82) is 0 Å². The smallest absolute Gasteiger partial charge is 0.199 e. The number of nitrogens with zero attached hydrogens (tertiary/aromatic N) is 4. The number of H-pyrrole nitrogens is 1. The van der Waals surface area contributed by atoms with Gasteiger partial charge in [-0.3, -0.25) is 9.78 Å². The summed E-state index contributed by atoms with van der Waals surface area (Å²) in [7, 11) is 0. The highest BCUT2D eigenvalue weighted by Crippen LogP contribution is 2.16. The van der Waals surface area contributed by atoms with Gasteiger partial charge in [0.25, 0.3) is 0 Å². The average Bonchev–Trinajstić information content (AvgIpc) is 2.82. The van der Waals surface area contributed by atoms with Gasteiger partial charge in [0.1, 0.15) is 11.5 Å². The third kappa shape index (κ3) is 1.77. The summed E-state index contributed by atoms with van der Waals surface area (Å²) in [4.78, 5) is 4.39. The van der Waals surface area contributed by atoms with E-state index in [1.165, 1.54) is 0 Å². The number of hydrogen-bond acceptors (Lipinski definition) is 3. The molecule has 0 aliphatic rings. The molecule has 2 aromatic rings. The van der Waals surface area contributed by atoms with Crippen molar-refractivity contribution in [3.05, 3.63) is 17.6 Å². The molecular weight excluding hydrogens is 190 g/mol. The molecule has 15 heavy (non-hydrogen) atoms. The maximum absolute atomic E-state index is 4.39. The van der Waals surface area contributed by atoms with Gasteiger partial charge in [-0.05, 0) is 19.9 Å². The zero-order valence-electron chi connectivity index (χ0n) is 9.28. The summed E-state index contributed by atoms with van der Waals surface area (Å²) < 4.78 is 1.91. The highest BCUT2D eigenvalue weighted by atomic mass is 15.3. The minimum absolute atomic E-state index is 0.731. The van der Waals surface area contributed by atoms with Gasteiger partial charge >= 0.3 is 0 Å². The highest BCUT2D eigenvalue weighted by molar-refractivity contribution is 5.49. The minimum Gasteiger partial charge on any atom is -0.263 e. The van der Waals surface area contributed by atoms with Crippen LogP contribution in [0.5, 0.6) is 0 Å². The number of hydrogen-bond donors (Lipinski definition) is 1. The zero-order chi connectivity index (χ0) is 10.8. The summed E-state index contributed by atoms with van der Waals surface area (Å²) in [5, 5.41) is 11.5. The van der Waals surface area contributed by atoms with Crippen LogP contribution >= 0.6 is 0 Å². The van der Waals surface area contributed by atoms with E-state index in [1.807, 2.05) is 24.6 Å². The van der Waals surface area contributed by atoms with E-state index >= 15 is 0 Å². The fraction of sp³-hybridized carbons (Fsp3) is 0.500. The van der Waals surface area contributed by atoms with Crippen molar-refractivity contribution >= 4 is 0 Å². The fourth-order valence-electron chi connectivity index (χ4n) is 1.53. The molecule has 0 radical (unpaired) electrons. The average molecular weight is 205 g/mol. The van der Waals surface area contributed by atoms with Crippen LogP contribution in [0.25, 0.3) is 11.5 Å². The van der Waals surface area contributed by atoms with Crippen LogP contribution in [-0.4, -0.2) is 25.0 Å². The van der Waals surface area contributed by atoms with Crippen molar-refractivity contribution in [1.82, 2.24) is 25.0 Å².